The lowest BCUT2D eigenvalue weighted by Crippen LogP contribution is -2.22. The van der Waals surface area contributed by atoms with E-state index in [-0.39, 0.29) is 17.7 Å². The first-order valence-corrected chi connectivity index (χ1v) is 5.77. The quantitative estimate of drug-likeness (QED) is 0.838. The summed E-state index contributed by atoms with van der Waals surface area (Å²) in [4.78, 5) is 26.6. The average molecular weight is 249 g/mol. The maximum atomic E-state index is 11.8. The van der Waals surface area contributed by atoms with Crippen molar-refractivity contribution in [2.45, 2.75) is 13.3 Å². The predicted molar refractivity (Wildman–Crippen MR) is 66.1 cm³/mol. The number of carbonyl (C=O) groups excluding carboxylic acids is 2. The Kier molecular flexibility index (Phi) is 3.88. The molecule has 1 aromatic rings. The van der Waals surface area contributed by atoms with Crippen LogP contribution in [0.2, 0.25) is 0 Å². The molecule has 2 rings (SSSR count). The van der Waals surface area contributed by atoms with Gasteiger partial charge in [-0.2, -0.15) is 0 Å². The molecule has 0 bridgehead atoms. The van der Waals surface area contributed by atoms with Crippen molar-refractivity contribution in [1.29, 1.82) is 0 Å². The second-order valence-corrected chi connectivity index (χ2v) is 4.16. The topological polar surface area (TPSA) is 80.3 Å². The molecule has 6 heteroatoms. The van der Waals surface area contributed by atoms with Crippen LogP contribution in [0.5, 0.6) is 0 Å². The average Bonchev–Trinajstić information content (AvgIpc) is 2.84. The van der Waals surface area contributed by atoms with Gasteiger partial charge in [0.15, 0.2) is 0 Å². The van der Waals surface area contributed by atoms with Gasteiger partial charge >= 0.3 is 0 Å². The first kappa shape index (κ1) is 12.5. The molecule has 1 aromatic heterocycles. The molecular formula is C12H15N3O3. The van der Waals surface area contributed by atoms with E-state index in [1.807, 2.05) is 0 Å². The predicted octanol–water partition coefficient (Wildman–Crippen LogP) is 1.01. The van der Waals surface area contributed by atoms with Gasteiger partial charge in [0.05, 0.1) is 24.4 Å². The molecule has 0 aliphatic carbocycles. The van der Waals surface area contributed by atoms with Gasteiger partial charge < -0.3 is 15.4 Å². The van der Waals surface area contributed by atoms with Crippen LogP contribution in [0.4, 0.5) is 11.5 Å². The lowest BCUT2D eigenvalue weighted by atomic mass is 10.1. The molecule has 2 N–H and O–H groups in total. The SMILES string of the molecule is CC(=O)Nc1ccc(NC(=O)C2CCOC2)cn1. The van der Waals surface area contributed by atoms with Crippen molar-refractivity contribution in [2.75, 3.05) is 23.8 Å². The highest BCUT2D eigenvalue weighted by atomic mass is 16.5. The Morgan fingerprint density at radius 1 is 1.39 bits per heavy atom. The lowest BCUT2D eigenvalue weighted by Gasteiger charge is -2.09. The van der Waals surface area contributed by atoms with E-state index >= 15 is 0 Å². The van der Waals surface area contributed by atoms with Crippen LogP contribution in [0.25, 0.3) is 0 Å². The molecule has 1 atom stereocenters. The van der Waals surface area contributed by atoms with E-state index in [1.54, 1.807) is 12.1 Å². The van der Waals surface area contributed by atoms with Crippen molar-refractivity contribution in [2.24, 2.45) is 5.92 Å². The number of carbonyl (C=O) groups is 2. The Labute approximate surface area is 105 Å². The zero-order valence-electron chi connectivity index (χ0n) is 10.1. The van der Waals surface area contributed by atoms with Crippen LogP contribution >= 0.6 is 0 Å². The van der Waals surface area contributed by atoms with Crippen molar-refractivity contribution >= 4 is 23.3 Å². The molecule has 0 radical (unpaired) electrons. The Bertz CT molecular complexity index is 438. The minimum absolute atomic E-state index is 0.0541. The van der Waals surface area contributed by atoms with Gasteiger partial charge in [-0.05, 0) is 18.6 Å². The van der Waals surface area contributed by atoms with Crippen molar-refractivity contribution in [3.63, 3.8) is 0 Å². The van der Waals surface area contributed by atoms with E-state index in [9.17, 15) is 9.59 Å². The fourth-order valence-electron chi connectivity index (χ4n) is 1.71. The van der Waals surface area contributed by atoms with Gasteiger partial charge in [-0.1, -0.05) is 0 Å². The molecule has 2 amide bonds. The minimum atomic E-state index is -0.178. The van der Waals surface area contributed by atoms with Gasteiger partial charge in [0, 0.05) is 13.5 Å². The molecule has 1 unspecified atom stereocenters. The molecule has 1 aliphatic rings. The molecule has 1 saturated heterocycles. The molecule has 1 fully saturated rings. The van der Waals surface area contributed by atoms with Crippen molar-refractivity contribution in [3.8, 4) is 0 Å². The number of aromatic nitrogens is 1. The van der Waals surface area contributed by atoms with Crippen LogP contribution in [0.3, 0.4) is 0 Å². The van der Waals surface area contributed by atoms with Crippen LogP contribution in [0.15, 0.2) is 18.3 Å². The summed E-state index contributed by atoms with van der Waals surface area (Å²) in [5.41, 5.74) is 0.612. The third kappa shape index (κ3) is 3.27. The maximum Gasteiger partial charge on any atom is 0.229 e. The van der Waals surface area contributed by atoms with E-state index in [1.165, 1.54) is 13.1 Å². The van der Waals surface area contributed by atoms with Gasteiger partial charge in [0.2, 0.25) is 11.8 Å². The molecule has 0 saturated carbocycles. The Hall–Kier alpha value is -1.95. The summed E-state index contributed by atoms with van der Waals surface area (Å²) >= 11 is 0. The third-order valence-corrected chi connectivity index (χ3v) is 2.64. The summed E-state index contributed by atoms with van der Waals surface area (Å²) in [5.74, 6) is 0.147. The molecule has 0 spiro atoms. The van der Waals surface area contributed by atoms with E-state index < -0.39 is 0 Å². The Balaban J connectivity index is 1.93. The highest BCUT2D eigenvalue weighted by molar-refractivity contribution is 5.93. The van der Waals surface area contributed by atoms with Crippen molar-refractivity contribution in [3.05, 3.63) is 18.3 Å². The first-order valence-electron chi connectivity index (χ1n) is 5.77. The number of amides is 2. The van der Waals surface area contributed by atoms with E-state index in [4.69, 9.17) is 4.74 Å². The molecule has 0 aromatic carbocycles. The number of nitrogens with one attached hydrogen (secondary N) is 2. The standard InChI is InChI=1S/C12H15N3O3/c1-8(16)14-11-3-2-10(6-13-11)15-12(17)9-4-5-18-7-9/h2-3,6,9H,4-5,7H2,1H3,(H,15,17)(H,13,14,16). The van der Waals surface area contributed by atoms with Crippen LogP contribution in [-0.4, -0.2) is 30.0 Å². The summed E-state index contributed by atoms with van der Waals surface area (Å²) in [6.45, 7) is 2.53. The maximum absolute atomic E-state index is 11.8. The summed E-state index contributed by atoms with van der Waals surface area (Å²) in [5, 5.41) is 5.33. The fraction of sp³-hybridized carbons (Fsp3) is 0.417. The summed E-state index contributed by atoms with van der Waals surface area (Å²) < 4.78 is 5.15. The summed E-state index contributed by atoms with van der Waals surface area (Å²) in [7, 11) is 0. The lowest BCUT2D eigenvalue weighted by molar-refractivity contribution is -0.119. The fourth-order valence-corrected chi connectivity index (χ4v) is 1.71. The zero-order chi connectivity index (χ0) is 13.0. The Morgan fingerprint density at radius 2 is 2.22 bits per heavy atom. The molecule has 6 nitrogen and oxygen atoms in total. The molecule has 18 heavy (non-hydrogen) atoms. The van der Waals surface area contributed by atoms with E-state index in [0.29, 0.717) is 24.7 Å². The highest BCUT2D eigenvalue weighted by Crippen LogP contribution is 2.16. The van der Waals surface area contributed by atoms with Gasteiger partial charge in [-0.3, -0.25) is 9.59 Å². The number of anilines is 2. The van der Waals surface area contributed by atoms with Crippen molar-refractivity contribution < 1.29 is 14.3 Å². The second-order valence-electron chi connectivity index (χ2n) is 4.16. The van der Waals surface area contributed by atoms with Crippen LogP contribution < -0.4 is 10.6 Å². The normalized spacial score (nSPS) is 18.4. The van der Waals surface area contributed by atoms with Gasteiger partial charge in [-0.15, -0.1) is 0 Å². The number of pyridine rings is 1. The Morgan fingerprint density at radius 3 is 2.78 bits per heavy atom. The van der Waals surface area contributed by atoms with Gasteiger partial charge in [0.1, 0.15) is 5.82 Å². The monoisotopic (exact) mass is 249 g/mol. The second kappa shape index (κ2) is 5.59. The molecular weight excluding hydrogens is 234 g/mol. The highest BCUT2D eigenvalue weighted by Gasteiger charge is 2.23. The summed E-state index contributed by atoms with van der Waals surface area (Å²) in [6.07, 6.45) is 2.27. The largest absolute Gasteiger partial charge is 0.381 e. The zero-order valence-corrected chi connectivity index (χ0v) is 10.1. The van der Waals surface area contributed by atoms with Gasteiger partial charge in [0.25, 0.3) is 0 Å². The van der Waals surface area contributed by atoms with Crippen LogP contribution in [-0.2, 0) is 14.3 Å². The number of nitrogens with zero attached hydrogens (tertiary/aromatic N) is 1. The number of hydrogen-bond donors (Lipinski definition) is 2. The van der Waals surface area contributed by atoms with Gasteiger partial charge in [-0.25, -0.2) is 4.98 Å². The van der Waals surface area contributed by atoms with E-state index in [0.717, 1.165) is 6.42 Å². The summed E-state index contributed by atoms with van der Waals surface area (Å²) in [6, 6.07) is 3.34. The third-order valence-electron chi connectivity index (χ3n) is 2.64. The number of hydrogen-bond acceptors (Lipinski definition) is 4. The molecule has 1 aliphatic heterocycles. The molecule has 96 valence electrons. The minimum Gasteiger partial charge on any atom is -0.381 e. The number of rotatable bonds is 3. The van der Waals surface area contributed by atoms with Crippen molar-refractivity contribution in [1.82, 2.24) is 4.98 Å². The number of ether oxygens (including phenoxy) is 1. The molecule has 2 heterocycles. The first-order chi connectivity index (χ1) is 8.65. The van der Waals surface area contributed by atoms with Crippen LogP contribution in [0, 0.1) is 5.92 Å². The van der Waals surface area contributed by atoms with E-state index in [2.05, 4.69) is 15.6 Å². The smallest absolute Gasteiger partial charge is 0.229 e. The van der Waals surface area contributed by atoms with Crippen LogP contribution in [0.1, 0.15) is 13.3 Å².